The molecule has 0 unspecified atom stereocenters. The van der Waals surface area contributed by atoms with Crippen molar-refractivity contribution in [3.05, 3.63) is 71.5 Å². The second kappa shape index (κ2) is 7.46. The van der Waals surface area contributed by atoms with Crippen LogP contribution in [0.25, 0.3) is 11.3 Å². The third kappa shape index (κ3) is 4.08. The van der Waals surface area contributed by atoms with Gasteiger partial charge in [0.25, 0.3) is 0 Å². The van der Waals surface area contributed by atoms with Crippen LogP contribution in [0.1, 0.15) is 16.7 Å². The number of nitrogens with one attached hydrogen (secondary N) is 1. The monoisotopic (exact) mass is 401 g/mol. The van der Waals surface area contributed by atoms with Gasteiger partial charge in [-0.05, 0) is 29.3 Å². The van der Waals surface area contributed by atoms with Crippen molar-refractivity contribution in [1.82, 2.24) is 9.97 Å². The number of halogens is 3. The van der Waals surface area contributed by atoms with Gasteiger partial charge in [0.1, 0.15) is 12.1 Å². The number of anilines is 2. The normalized spacial score (nSPS) is 18.9. The van der Waals surface area contributed by atoms with E-state index >= 15 is 0 Å². The molecule has 1 heterocycles. The first-order valence-corrected chi connectivity index (χ1v) is 9.05. The van der Waals surface area contributed by atoms with Gasteiger partial charge >= 0.3 is 6.18 Å². The Balaban J connectivity index is 1.60. The topological polar surface area (TPSA) is 78.3 Å². The van der Waals surface area contributed by atoms with E-state index in [0.29, 0.717) is 29.9 Å². The van der Waals surface area contributed by atoms with Crippen molar-refractivity contribution in [2.75, 3.05) is 5.32 Å². The molecule has 1 aromatic heterocycles. The maximum atomic E-state index is 12.7. The Morgan fingerprint density at radius 1 is 0.931 bits per heavy atom. The first kappa shape index (κ1) is 19.4. The highest BCUT2D eigenvalue weighted by Gasteiger charge is 2.30. The lowest BCUT2D eigenvalue weighted by molar-refractivity contribution is -0.137. The summed E-state index contributed by atoms with van der Waals surface area (Å²) in [5.41, 5.74) is 2.91. The number of aliphatic hydroxyl groups excluding tert-OH is 2. The van der Waals surface area contributed by atoms with Gasteiger partial charge < -0.3 is 15.5 Å². The average molecular weight is 401 g/mol. The summed E-state index contributed by atoms with van der Waals surface area (Å²) in [5, 5.41) is 23.1. The molecule has 29 heavy (non-hydrogen) atoms. The number of hydrogen-bond donors (Lipinski definition) is 3. The second-order valence-corrected chi connectivity index (χ2v) is 6.97. The molecular weight excluding hydrogens is 383 g/mol. The predicted octanol–water partition coefficient (Wildman–Crippen LogP) is 3.73. The molecule has 8 heteroatoms. The molecule has 3 aromatic rings. The fraction of sp³-hybridized carbons (Fsp3) is 0.238. The molecule has 4 rings (SSSR count). The maximum absolute atomic E-state index is 12.7. The van der Waals surface area contributed by atoms with Crippen LogP contribution >= 0.6 is 0 Å². The molecule has 0 fully saturated rings. The number of aliphatic hydroxyl groups is 2. The highest BCUT2D eigenvalue weighted by molar-refractivity contribution is 5.68. The van der Waals surface area contributed by atoms with Gasteiger partial charge in [-0.2, -0.15) is 13.2 Å². The van der Waals surface area contributed by atoms with E-state index in [1.165, 1.54) is 18.5 Å². The van der Waals surface area contributed by atoms with Gasteiger partial charge in [-0.1, -0.05) is 24.3 Å². The van der Waals surface area contributed by atoms with Gasteiger partial charge in [-0.25, -0.2) is 9.97 Å². The molecular formula is C21H18F3N3O2. The Bertz CT molecular complexity index is 1020. The van der Waals surface area contributed by atoms with E-state index in [1.807, 2.05) is 18.2 Å². The number of aromatic nitrogens is 2. The van der Waals surface area contributed by atoms with E-state index < -0.39 is 23.9 Å². The van der Waals surface area contributed by atoms with Crippen molar-refractivity contribution >= 4 is 11.5 Å². The smallest absolute Gasteiger partial charge is 0.390 e. The third-order valence-corrected chi connectivity index (χ3v) is 5.00. The molecule has 150 valence electrons. The van der Waals surface area contributed by atoms with Gasteiger partial charge in [0, 0.05) is 30.2 Å². The number of rotatable bonds is 3. The van der Waals surface area contributed by atoms with Crippen LogP contribution < -0.4 is 5.32 Å². The van der Waals surface area contributed by atoms with Gasteiger partial charge in [-0.15, -0.1) is 0 Å². The molecule has 5 nitrogen and oxygen atoms in total. The molecule has 0 amide bonds. The first-order chi connectivity index (χ1) is 13.8. The number of hydrogen-bond acceptors (Lipinski definition) is 5. The summed E-state index contributed by atoms with van der Waals surface area (Å²) in [4.78, 5) is 8.33. The Hall–Kier alpha value is -2.97. The third-order valence-electron chi connectivity index (χ3n) is 5.00. The lowest BCUT2D eigenvalue weighted by Gasteiger charge is -2.27. The van der Waals surface area contributed by atoms with Crippen LogP contribution in [0, 0.1) is 0 Å². The quantitative estimate of drug-likeness (QED) is 0.624. The molecule has 0 saturated heterocycles. The number of fused-ring (bicyclic) bond motifs is 1. The Labute approximate surface area is 164 Å². The summed E-state index contributed by atoms with van der Waals surface area (Å²) in [6.45, 7) is 0. The summed E-state index contributed by atoms with van der Waals surface area (Å²) in [6.07, 6.45) is -3.99. The molecule has 1 aliphatic carbocycles. The van der Waals surface area contributed by atoms with Crippen LogP contribution in [0.15, 0.2) is 54.9 Å². The summed E-state index contributed by atoms with van der Waals surface area (Å²) in [5.74, 6) is 0.476. The average Bonchev–Trinajstić information content (AvgIpc) is 2.69. The van der Waals surface area contributed by atoms with E-state index in [9.17, 15) is 23.4 Å². The molecule has 1 aliphatic rings. The van der Waals surface area contributed by atoms with E-state index in [1.54, 1.807) is 6.07 Å². The number of alkyl halides is 3. The molecule has 3 N–H and O–H groups in total. The highest BCUT2D eigenvalue weighted by Crippen LogP contribution is 2.32. The lowest BCUT2D eigenvalue weighted by atomic mass is 9.86. The summed E-state index contributed by atoms with van der Waals surface area (Å²) in [7, 11) is 0. The van der Waals surface area contributed by atoms with Crippen LogP contribution in [0.2, 0.25) is 0 Å². The zero-order valence-corrected chi connectivity index (χ0v) is 15.2. The minimum absolute atomic E-state index is 0.316. The molecule has 2 aromatic carbocycles. The summed E-state index contributed by atoms with van der Waals surface area (Å²) >= 11 is 0. The maximum Gasteiger partial charge on any atom is 0.416 e. The van der Waals surface area contributed by atoms with Crippen LogP contribution in [-0.4, -0.2) is 32.4 Å². The first-order valence-electron chi connectivity index (χ1n) is 9.05. The summed E-state index contributed by atoms with van der Waals surface area (Å²) < 4.78 is 38.2. The molecule has 0 saturated carbocycles. The second-order valence-electron chi connectivity index (χ2n) is 6.97. The van der Waals surface area contributed by atoms with E-state index in [2.05, 4.69) is 15.3 Å². The van der Waals surface area contributed by atoms with Crippen molar-refractivity contribution in [2.24, 2.45) is 0 Å². The van der Waals surface area contributed by atoms with Crippen LogP contribution in [0.5, 0.6) is 0 Å². The molecule has 2 atom stereocenters. The van der Waals surface area contributed by atoms with Crippen LogP contribution in [-0.2, 0) is 19.0 Å². The van der Waals surface area contributed by atoms with Crippen LogP contribution in [0.3, 0.4) is 0 Å². The zero-order valence-electron chi connectivity index (χ0n) is 15.2. The molecule has 0 radical (unpaired) electrons. The van der Waals surface area contributed by atoms with Crippen molar-refractivity contribution in [2.45, 2.75) is 31.2 Å². The zero-order chi connectivity index (χ0) is 20.6. The molecule has 0 spiro atoms. The predicted molar refractivity (Wildman–Crippen MR) is 102 cm³/mol. The standard InChI is InChI=1S/C21H18F3N3O2/c22-21(23,24)14-6-4-12(5-7-14)17-10-20(26-11-25-17)27-16-3-1-2-13-8-18(28)19(29)9-15(13)16/h1-7,10-11,18-19,28-29H,8-9H2,(H,25,26,27)/t18-,19-/m1/s1. The Kier molecular flexibility index (Phi) is 4.97. The number of nitrogens with zero attached hydrogens (tertiary/aromatic N) is 2. The van der Waals surface area contributed by atoms with Crippen molar-refractivity contribution in [1.29, 1.82) is 0 Å². The largest absolute Gasteiger partial charge is 0.416 e. The SMILES string of the molecule is O[C@@H]1Cc2cccc(Nc3cc(-c4ccc(C(F)(F)F)cc4)ncn3)c2C[C@H]1O. The fourth-order valence-corrected chi connectivity index (χ4v) is 3.44. The van der Waals surface area contributed by atoms with E-state index in [-0.39, 0.29) is 0 Å². The van der Waals surface area contributed by atoms with Crippen molar-refractivity contribution < 1.29 is 23.4 Å². The van der Waals surface area contributed by atoms with Gasteiger partial charge in [0.05, 0.1) is 23.5 Å². The van der Waals surface area contributed by atoms with Gasteiger partial charge in [-0.3, -0.25) is 0 Å². The van der Waals surface area contributed by atoms with E-state index in [4.69, 9.17) is 0 Å². The van der Waals surface area contributed by atoms with Gasteiger partial charge in [0.2, 0.25) is 0 Å². The highest BCUT2D eigenvalue weighted by atomic mass is 19.4. The van der Waals surface area contributed by atoms with Crippen molar-refractivity contribution in [3.63, 3.8) is 0 Å². The fourth-order valence-electron chi connectivity index (χ4n) is 3.44. The van der Waals surface area contributed by atoms with Crippen LogP contribution in [0.4, 0.5) is 24.7 Å². The van der Waals surface area contributed by atoms with Gasteiger partial charge in [0.15, 0.2) is 0 Å². The number of benzene rings is 2. The Morgan fingerprint density at radius 2 is 1.66 bits per heavy atom. The summed E-state index contributed by atoms with van der Waals surface area (Å²) in [6, 6.07) is 12.0. The molecule has 0 bridgehead atoms. The molecule has 0 aliphatic heterocycles. The lowest BCUT2D eigenvalue weighted by Crippen LogP contribution is -2.34. The van der Waals surface area contributed by atoms with Crippen molar-refractivity contribution in [3.8, 4) is 11.3 Å². The Morgan fingerprint density at radius 3 is 2.38 bits per heavy atom. The van der Waals surface area contributed by atoms with E-state index in [0.717, 1.165) is 28.9 Å². The minimum atomic E-state index is -4.39. The minimum Gasteiger partial charge on any atom is -0.390 e.